The molecule has 0 saturated carbocycles. The van der Waals surface area contributed by atoms with Crippen LogP contribution in [0.15, 0.2) is 5.38 Å². The van der Waals surface area contributed by atoms with Crippen LogP contribution in [0.1, 0.15) is 28.5 Å². The van der Waals surface area contributed by atoms with Gasteiger partial charge in [-0.1, -0.05) is 0 Å². The summed E-state index contributed by atoms with van der Waals surface area (Å²) < 4.78 is 10.1. The Bertz CT molecular complexity index is 450. The van der Waals surface area contributed by atoms with E-state index >= 15 is 0 Å². The third-order valence-corrected chi connectivity index (χ3v) is 3.70. The number of aromatic nitrogens is 1. The fourth-order valence-corrected chi connectivity index (χ4v) is 2.68. The molecule has 2 heterocycles. The number of esters is 1. The summed E-state index contributed by atoms with van der Waals surface area (Å²) in [6.07, 6.45) is -4.06. The molecular formula is C11H15NO6S. The highest BCUT2D eigenvalue weighted by molar-refractivity contribution is 7.09. The molecule has 0 unspecified atom stereocenters. The van der Waals surface area contributed by atoms with Gasteiger partial charge in [0.2, 0.25) is 0 Å². The molecule has 0 spiro atoms. The highest BCUT2D eigenvalue weighted by Gasteiger charge is 2.44. The van der Waals surface area contributed by atoms with Crippen LogP contribution in [0.4, 0.5) is 0 Å². The Morgan fingerprint density at radius 1 is 1.53 bits per heavy atom. The van der Waals surface area contributed by atoms with Gasteiger partial charge in [0.15, 0.2) is 5.69 Å². The number of hydrogen-bond acceptors (Lipinski definition) is 8. The Kier molecular flexibility index (Phi) is 4.48. The number of hydrogen-bond donors (Lipinski definition) is 3. The van der Waals surface area contributed by atoms with Gasteiger partial charge < -0.3 is 24.8 Å². The zero-order valence-electron chi connectivity index (χ0n) is 10.2. The van der Waals surface area contributed by atoms with Gasteiger partial charge in [-0.3, -0.25) is 0 Å². The van der Waals surface area contributed by atoms with E-state index in [1.165, 1.54) is 5.38 Å². The normalized spacial score (nSPS) is 30.5. The third-order valence-electron chi connectivity index (χ3n) is 2.79. The monoisotopic (exact) mass is 289 g/mol. The fourth-order valence-electron chi connectivity index (χ4n) is 1.82. The summed E-state index contributed by atoms with van der Waals surface area (Å²) in [6.45, 7) is 1.54. The van der Waals surface area contributed by atoms with E-state index in [-0.39, 0.29) is 12.3 Å². The van der Waals surface area contributed by atoms with Crippen LogP contribution in [-0.2, 0) is 9.47 Å². The van der Waals surface area contributed by atoms with Crippen LogP contribution in [0, 0.1) is 0 Å². The van der Waals surface area contributed by atoms with Crippen molar-refractivity contribution in [3.63, 3.8) is 0 Å². The lowest BCUT2D eigenvalue weighted by atomic mass is 10.1. The molecule has 0 aromatic carbocycles. The van der Waals surface area contributed by atoms with Crippen molar-refractivity contribution in [1.82, 2.24) is 4.98 Å². The number of carbonyl (C=O) groups excluding carboxylic acids is 1. The number of rotatable bonds is 4. The Hall–Kier alpha value is -1.06. The van der Waals surface area contributed by atoms with Crippen molar-refractivity contribution >= 4 is 17.3 Å². The van der Waals surface area contributed by atoms with Gasteiger partial charge in [0.25, 0.3) is 0 Å². The molecular weight excluding hydrogens is 274 g/mol. The van der Waals surface area contributed by atoms with Crippen molar-refractivity contribution in [3.8, 4) is 0 Å². The van der Waals surface area contributed by atoms with Gasteiger partial charge in [0, 0.05) is 5.38 Å². The van der Waals surface area contributed by atoms with Crippen LogP contribution >= 0.6 is 11.3 Å². The van der Waals surface area contributed by atoms with E-state index < -0.39 is 37.0 Å². The molecule has 7 nitrogen and oxygen atoms in total. The standard InChI is InChI=1S/C11H15NO6S/c1-2-17-11(16)5-4-19-10(12-5)9-8(15)7(14)6(3-13)18-9/h4,6-9,13-15H,2-3H2,1H3/t6-,7-,8-,9-/m1/s1. The molecule has 106 valence electrons. The molecule has 1 aliphatic rings. The van der Waals surface area contributed by atoms with Gasteiger partial charge >= 0.3 is 5.97 Å². The first kappa shape index (κ1) is 14.4. The van der Waals surface area contributed by atoms with E-state index in [0.29, 0.717) is 5.01 Å². The SMILES string of the molecule is CCOC(=O)c1csc([C@@H]2O[C@H](CO)[C@@H](O)[C@H]2O)n1. The van der Waals surface area contributed by atoms with Crippen molar-refractivity contribution in [1.29, 1.82) is 0 Å². The second-order valence-electron chi connectivity index (χ2n) is 4.05. The largest absolute Gasteiger partial charge is 0.461 e. The minimum atomic E-state index is -1.18. The molecule has 1 fully saturated rings. The summed E-state index contributed by atoms with van der Waals surface area (Å²) in [7, 11) is 0. The number of thiazole rings is 1. The number of aliphatic hydroxyl groups is 3. The molecule has 3 N–H and O–H groups in total. The average molecular weight is 289 g/mol. The fraction of sp³-hybridized carbons (Fsp3) is 0.636. The van der Waals surface area contributed by atoms with Crippen LogP contribution in [0.2, 0.25) is 0 Å². The summed E-state index contributed by atoms with van der Waals surface area (Å²) >= 11 is 1.13. The molecule has 0 radical (unpaired) electrons. The van der Waals surface area contributed by atoms with E-state index in [1.54, 1.807) is 6.92 Å². The summed E-state index contributed by atoms with van der Waals surface area (Å²) in [4.78, 5) is 15.5. The molecule has 0 aliphatic carbocycles. The van der Waals surface area contributed by atoms with Gasteiger partial charge in [0.05, 0.1) is 13.2 Å². The van der Waals surface area contributed by atoms with E-state index in [9.17, 15) is 15.0 Å². The van der Waals surface area contributed by atoms with E-state index in [0.717, 1.165) is 11.3 Å². The summed E-state index contributed by atoms with van der Waals surface area (Å²) in [5.41, 5.74) is 0.139. The summed E-state index contributed by atoms with van der Waals surface area (Å²) in [5.74, 6) is -0.545. The molecule has 4 atom stereocenters. The maximum Gasteiger partial charge on any atom is 0.357 e. The third kappa shape index (κ3) is 2.77. The van der Waals surface area contributed by atoms with Gasteiger partial charge in [-0.05, 0) is 6.92 Å². The van der Waals surface area contributed by atoms with Crippen molar-refractivity contribution in [3.05, 3.63) is 16.1 Å². The second-order valence-corrected chi connectivity index (χ2v) is 4.94. The average Bonchev–Trinajstić information content (AvgIpc) is 2.97. The predicted molar refractivity (Wildman–Crippen MR) is 64.8 cm³/mol. The lowest BCUT2D eigenvalue weighted by Gasteiger charge is -2.11. The lowest BCUT2D eigenvalue weighted by molar-refractivity contribution is -0.0228. The molecule has 0 bridgehead atoms. The quantitative estimate of drug-likeness (QED) is 0.639. The predicted octanol–water partition coefficient (Wildman–Crippen LogP) is -0.526. The first-order chi connectivity index (χ1) is 9.08. The minimum absolute atomic E-state index is 0.139. The maximum atomic E-state index is 11.5. The van der Waals surface area contributed by atoms with E-state index in [2.05, 4.69) is 4.98 Å². The van der Waals surface area contributed by atoms with Crippen LogP contribution < -0.4 is 0 Å². The topological polar surface area (TPSA) is 109 Å². The molecule has 19 heavy (non-hydrogen) atoms. The Morgan fingerprint density at radius 2 is 2.26 bits per heavy atom. The van der Waals surface area contributed by atoms with Gasteiger partial charge in [0.1, 0.15) is 29.4 Å². The molecule has 2 rings (SSSR count). The summed E-state index contributed by atoms with van der Waals surface area (Å²) in [6, 6.07) is 0. The minimum Gasteiger partial charge on any atom is -0.461 e. The van der Waals surface area contributed by atoms with Crippen LogP contribution in [0.25, 0.3) is 0 Å². The molecule has 0 amide bonds. The number of carbonyl (C=O) groups is 1. The van der Waals surface area contributed by atoms with Crippen molar-refractivity contribution in [2.45, 2.75) is 31.3 Å². The first-order valence-electron chi connectivity index (χ1n) is 5.83. The second kappa shape index (κ2) is 5.93. The van der Waals surface area contributed by atoms with Crippen molar-refractivity contribution < 1.29 is 29.6 Å². The van der Waals surface area contributed by atoms with Crippen LogP contribution in [-0.4, -0.2) is 57.8 Å². The maximum absolute atomic E-state index is 11.5. The van der Waals surface area contributed by atoms with Crippen molar-refractivity contribution in [2.24, 2.45) is 0 Å². The van der Waals surface area contributed by atoms with Crippen molar-refractivity contribution in [2.75, 3.05) is 13.2 Å². The smallest absolute Gasteiger partial charge is 0.357 e. The molecule has 1 saturated heterocycles. The number of ether oxygens (including phenoxy) is 2. The zero-order chi connectivity index (χ0) is 14.0. The Balaban J connectivity index is 2.13. The van der Waals surface area contributed by atoms with Crippen LogP contribution in [0.3, 0.4) is 0 Å². The van der Waals surface area contributed by atoms with Gasteiger partial charge in [-0.2, -0.15) is 0 Å². The molecule has 1 aromatic rings. The Morgan fingerprint density at radius 3 is 2.84 bits per heavy atom. The molecule has 1 aromatic heterocycles. The van der Waals surface area contributed by atoms with E-state index in [1.807, 2.05) is 0 Å². The van der Waals surface area contributed by atoms with E-state index in [4.69, 9.17) is 14.6 Å². The Labute approximate surface area is 113 Å². The molecule has 8 heteroatoms. The lowest BCUT2D eigenvalue weighted by Crippen LogP contribution is -2.32. The summed E-state index contributed by atoms with van der Waals surface area (Å²) in [5, 5.41) is 30.3. The first-order valence-corrected chi connectivity index (χ1v) is 6.71. The number of nitrogens with zero attached hydrogens (tertiary/aromatic N) is 1. The van der Waals surface area contributed by atoms with Crippen LogP contribution in [0.5, 0.6) is 0 Å². The highest BCUT2D eigenvalue weighted by Crippen LogP contribution is 2.35. The number of aliphatic hydroxyl groups excluding tert-OH is 3. The highest BCUT2D eigenvalue weighted by atomic mass is 32.1. The molecule has 1 aliphatic heterocycles. The van der Waals surface area contributed by atoms with Gasteiger partial charge in [-0.25, -0.2) is 9.78 Å². The zero-order valence-corrected chi connectivity index (χ0v) is 11.0. The van der Waals surface area contributed by atoms with Gasteiger partial charge in [-0.15, -0.1) is 11.3 Å².